The Morgan fingerprint density at radius 3 is 2.81 bits per heavy atom. The second-order valence-corrected chi connectivity index (χ2v) is 4.97. The van der Waals surface area contributed by atoms with Gasteiger partial charge in [0.1, 0.15) is 5.82 Å². The minimum absolute atomic E-state index is 0.145. The van der Waals surface area contributed by atoms with Crippen LogP contribution in [0.3, 0.4) is 0 Å². The number of morpholine rings is 1. The molecule has 0 aromatic heterocycles. The molecule has 0 saturated carbocycles. The Bertz CT molecular complexity index is 513. The van der Waals surface area contributed by atoms with E-state index in [9.17, 15) is 18.0 Å². The molecule has 1 N–H and O–H groups in total. The summed E-state index contributed by atoms with van der Waals surface area (Å²) < 4.78 is 44.3. The van der Waals surface area contributed by atoms with Gasteiger partial charge in [0.15, 0.2) is 0 Å². The SMILES string of the molecule is Cc1cc(N2CCOC[C@@H]2CC(F)F)cc(F)c1C(=O)O. The van der Waals surface area contributed by atoms with Crippen LogP contribution in [0.15, 0.2) is 12.1 Å². The van der Waals surface area contributed by atoms with Crippen LogP contribution in [0.25, 0.3) is 0 Å². The van der Waals surface area contributed by atoms with Crippen LogP contribution in [-0.2, 0) is 4.74 Å². The molecule has 0 bridgehead atoms. The fraction of sp³-hybridized carbons (Fsp3) is 0.500. The summed E-state index contributed by atoms with van der Waals surface area (Å²) in [5.74, 6) is -2.21. The molecule has 0 spiro atoms. The van der Waals surface area contributed by atoms with Crippen LogP contribution in [0, 0.1) is 12.7 Å². The summed E-state index contributed by atoms with van der Waals surface area (Å²) in [6.07, 6.45) is -2.86. The van der Waals surface area contributed by atoms with E-state index in [1.54, 1.807) is 4.90 Å². The fourth-order valence-electron chi connectivity index (χ4n) is 2.56. The van der Waals surface area contributed by atoms with Crippen LogP contribution < -0.4 is 4.90 Å². The highest BCUT2D eigenvalue weighted by atomic mass is 19.3. The highest BCUT2D eigenvalue weighted by molar-refractivity contribution is 5.90. The van der Waals surface area contributed by atoms with Crippen LogP contribution in [0.5, 0.6) is 0 Å². The van der Waals surface area contributed by atoms with E-state index < -0.39 is 29.8 Å². The minimum Gasteiger partial charge on any atom is -0.478 e. The molecule has 7 heteroatoms. The number of alkyl halides is 2. The van der Waals surface area contributed by atoms with Crippen molar-refractivity contribution < 1.29 is 27.8 Å². The average molecular weight is 303 g/mol. The average Bonchev–Trinajstić information content (AvgIpc) is 2.37. The number of hydrogen-bond acceptors (Lipinski definition) is 3. The van der Waals surface area contributed by atoms with E-state index >= 15 is 0 Å². The predicted molar refractivity (Wildman–Crippen MR) is 70.7 cm³/mol. The molecule has 116 valence electrons. The van der Waals surface area contributed by atoms with Crippen LogP contribution >= 0.6 is 0 Å². The maximum atomic E-state index is 13.9. The number of nitrogens with zero attached hydrogens (tertiary/aromatic N) is 1. The number of carbonyl (C=O) groups is 1. The van der Waals surface area contributed by atoms with Gasteiger partial charge in [-0.15, -0.1) is 0 Å². The molecule has 1 heterocycles. The summed E-state index contributed by atoms with van der Waals surface area (Å²) in [6, 6.07) is 2.05. The maximum absolute atomic E-state index is 13.9. The molecule has 1 aromatic rings. The van der Waals surface area contributed by atoms with Gasteiger partial charge in [-0.3, -0.25) is 0 Å². The third-order valence-corrected chi connectivity index (χ3v) is 3.50. The number of ether oxygens (including phenoxy) is 1. The quantitative estimate of drug-likeness (QED) is 0.929. The minimum atomic E-state index is -2.48. The van der Waals surface area contributed by atoms with E-state index in [4.69, 9.17) is 9.84 Å². The van der Waals surface area contributed by atoms with Crippen molar-refractivity contribution in [3.63, 3.8) is 0 Å². The van der Waals surface area contributed by atoms with Gasteiger partial charge in [-0.2, -0.15) is 0 Å². The Balaban J connectivity index is 2.33. The number of aryl methyl sites for hydroxylation is 1. The van der Waals surface area contributed by atoms with Crippen molar-refractivity contribution in [2.24, 2.45) is 0 Å². The van der Waals surface area contributed by atoms with Crippen molar-refractivity contribution in [1.29, 1.82) is 0 Å². The summed E-state index contributed by atoms with van der Waals surface area (Å²) in [7, 11) is 0. The van der Waals surface area contributed by atoms with Crippen molar-refractivity contribution in [3.05, 3.63) is 29.1 Å². The van der Waals surface area contributed by atoms with E-state index in [0.29, 0.717) is 18.8 Å². The van der Waals surface area contributed by atoms with Crippen molar-refractivity contribution in [2.75, 3.05) is 24.7 Å². The fourth-order valence-corrected chi connectivity index (χ4v) is 2.56. The molecule has 0 radical (unpaired) electrons. The molecule has 0 amide bonds. The zero-order chi connectivity index (χ0) is 15.6. The molecule has 1 aliphatic rings. The third kappa shape index (κ3) is 3.47. The number of carboxylic acid groups (broad SMARTS) is 1. The molecule has 0 unspecified atom stereocenters. The van der Waals surface area contributed by atoms with Crippen molar-refractivity contribution in [1.82, 2.24) is 0 Å². The van der Waals surface area contributed by atoms with Gasteiger partial charge in [0.25, 0.3) is 0 Å². The zero-order valence-electron chi connectivity index (χ0n) is 11.5. The van der Waals surface area contributed by atoms with Gasteiger partial charge in [0.05, 0.1) is 24.8 Å². The number of benzene rings is 1. The van der Waals surface area contributed by atoms with Crippen LogP contribution in [0.1, 0.15) is 22.3 Å². The molecule has 1 saturated heterocycles. The van der Waals surface area contributed by atoms with Crippen molar-refractivity contribution in [2.45, 2.75) is 25.8 Å². The normalized spacial score (nSPS) is 19.1. The zero-order valence-corrected chi connectivity index (χ0v) is 11.5. The summed E-state index contributed by atoms with van der Waals surface area (Å²) >= 11 is 0. The number of halogens is 3. The third-order valence-electron chi connectivity index (χ3n) is 3.50. The Morgan fingerprint density at radius 1 is 1.52 bits per heavy atom. The molecule has 21 heavy (non-hydrogen) atoms. The van der Waals surface area contributed by atoms with E-state index in [2.05, 4.69) is 0 Å². The van der Waals surface area contributed by atoms with Gasteiger partial charge in [-0.1, -0.05) is 0 Å². The second kappa shape index (κ2) is 6.34. The lowest BCUT2D eigenvalue weighted by atomic mass is 10.0. The van der Waals surface area contributed by atoms with Crippen molar-refractivity contribution >= 4 is 11.7 Å². The van der Waals surface area contributed by atoms with E-state index in [0.717, 1.165) is 6.07 Å². The van der Waals surface area contributed by atoms with Gasteiger partial charge in [-0.25, -0.2) is 18.0 Å². The lowest BCUT2D eigenvalue weighted by Gasteiger charge is -2.37. The van der Waals surface area contributed by atoms with Crippen molar-refractivity contribution in [3.8, 4) is 0 Å². The Kier molecular flexibility index (Phi) is 4.72. The van der Waals surface area contributed by atoms with E-state index in [1.807, 2.05) is 0 Å². The molecular formula is C14H16F3NO3. The number of aromatic carboxylic acids is 1. The van der Waals surface area contributed by atoms with Gasteiger partial charge in [-0.05, 0) is 24.6 Å². The number of anilines is 1. The maximum Gasteiger partial charge on any atom is 0.338 e. The Labute approximate surface area is 120 Å². The first-order valence-electron chi connectivity index (χ1n) is 6.56. The summed E-state index contributed by atoms with van der Waals surface area (Å²) in [4.78, 5) is 12.6. The molecule has 1 aromatic carbocycles. The Morgan fingerprint density at radius 2 is 2.24 bits per heavy atom. The first-order chi connectivity index (χ1) is 9.90. The standard InChI is InChI=1S/C14H16F3NO3/c1-8-4-9(5-11(15)13(8)14(19)20)18-2-3-21-7-10(18)6-12(16)17/h4-5,10,12H,2-3,6-7H2,1H3,(H,19,20)/t10-/m0/s1. The lowest BCUT2D eigenvalue weighted by Crippen LogP contribution is -2.46. The molecule has 0 aliphatic carbocycles. The first kappa shape index (κ1) is 15.6. The van der Waals surface area contributed by atoms with Crippen LogP contribution in [-0.4, -0.2) is 43.3 Å². The molecule has 1 fully saturated rings. The van der Waals surface area contributed by atoms with E-state index in [1.165, 1.54) is 13.0 Å². The number of rotatable bonds is 4. The predicted octanol–water partition coefficient (Wildman–Crippen LogP) is 2.69. The molecule has 4 nitrogen and oxygen atoms in total. The Hall–Kier alpha value is -1.76. The molecule has 1 atom stereocenters. The molecule has 2 rings (SSSR count). The molecular weight excluding hydrogens is 287 g/mol. The van der Waals surface area contributed by atoms with Gasteiger partial charge in [0, 0.05) is 18.7 Å². The van der Waals surface area contributed by atoms with E-state index in [-0.39, 0.29) is 18.6 Å². The summed E-state index contributed by atoms with van der Waals surface area (Å²) in [5, 5.41) is 8.95. The highest BCUT2D eigenvalue weighted by Crippen LogP contribution is 2.27. The second-order valence-electron chi connectivity index (χ2n) is 4.97. The molecule has 1 aliphatic heterocycles. The topological polar surface area (TPSA) is 49.8 Å². The monoisotopic (exact) mass is 303 g/mol. The lowest BCUT2D eigenvalue weighted by molar-refractivity contribution is 0.0584. The summed E-state index contributed by atoms with van der Waals surface area (Å²) in [5.41, 5.74) is 0.279. The largest absolute Gasteiger partial charge is 0.478 e. The van der Waals surface area contributed by atoms with Crippen LogP contribution in [0.2, 0.25) is 0 Å². The smallest absolute Gasteiger partial charge is 0.338 e. The number of carboxylic acids is 1. The van der Waals surface area contributed by atoms with Crippen LogP contribution in [0.4, 0.5) is 18.9 Å². The van der Waals surface area contributed by atoms with Gasteiger partial charge < -0.3 is 14.7 Å². The van der Waals surface area contributed by atoms with Gasteiger partial charge in [0.2, 0.25) is 6.43 Å². The summed E-state index contributed by atoms with van der Waals surface area (Å²) in [6.45, 7) is 2.36. The first-order valence-corrected chi connectivity index (χ1v) is 6.56. The highest BCUT2D eigenvalue weighted by Gasteiger charge is 2.27. The van der Waals surface area contributed by atoms with Gasteiger partial charge >= 0.3 is 5.97 Å². The number of hydrogen-bond donors (Lipinski definition) is 1.